The summed E-state index contributed by atoms with van der Waals surface area (Å²) in [7, 11) is 0. The minimum atomic E-state index is 0.726. The summed E-state index contributed by atoms with van der Waals surface area (Å²) >= 11 is 6.28. The maximum atomic E-state index is 6.28. The third kappa shape index (κ3) is 3.22. The van der Waals surface area contributed by atoms with E-state index in [0.717, 1.165) is 35.4 Å². The molecule has 1 aliphatic rings. The highest BCUT2D eigenvalue weighted by molar-refractivity contribution is 6.31. The Bertz CT molecular complexity index is 614. The second kappa shape index (κ2) is 5.58. The first-order valence-corrected chi connectivity index (χ1v) is 7.51. The van der Waals surface area contributed by atoms with Gasteiger partial charge in [-0.25, -0.2) is 0 Å². The molecule has 3 nitrogen and oxygen atoms in total. The molecular weight excluding hydrogens is 270 g/mol. The van der Waals surface area contributed by atoms with Crippen LogP contribution in [-0.4, -0.2) is 15.8 Å². The van der Waals surface area contributed by atoms with Crippen molar-refractivity contribution in [3.63, 3.8) is 0 Å². The van der Waals surface area contributed by atoms with Gasteiger partial charge in [-0.3, -0.25) is 4.68 Å². The molecule has 3 rings (SSSR count). The number of nitrogens with one attached hydrogen (secondary N) is 1. The standard InChI is InChI=1S/C16H20ClN3/c1-11-3-4-13(16(17)7-11)9-20-10-14(12(2)19-20)8-18-15-5-6-15/h3-4,7,10,15,18H,5-6,8-9H2,1-2H3. The predicted molar refractivity (Wildman–Crippen MR) is 82.1 cm³/mol. The number of benzene rings is 1. The average molecular weight is 290 g/mol. The van der Waals surface area contributed by atoms with E-state index in [1.807, 2.05) is 10.7 Å². The molecule has 0 amide bonds. The van der Waals surface area contributed by atoms with E-state index in [1.165, 1.54) is 24.0 Å². The molecule has 1 fully saturated rings. The quantitative estimate of drug-likeness (QED) is 0.914. The van der Waals surface area contributed by atoms with Gasteiger partial charge in [0.05, 0.1) is 12.2 Å². The van der Waals surface area contributed by atoms with E-state index in [2.05, 4.69) is 42.6 Å². The van der Waals surface area contributed by atoms with Gasteiger partial charge >= 0.3 is 0 Å². The zero-order valence-electron chi connectivity index (χ0n) is 12.0. The van der Waals surface area contributed by atoms with Crippen molar-refractivity contribution in [2.45, 2.75) is 45.8 Å². The molecular formula is C16H20ClN3. The number of aryl methyl sites for hydroxylation is 2. The number of rotatable bonds is 5. The van der Waals surface area contributed by atoms with Gasteiger partial charge in [0.1, 0.15) is 0 Å². The smallest absolute Gasteiger partial charge is 0.0674 e. The second-order valence-corrected chi connectivity index (χ2v) is 6.09. The number of nitrogens with zero attached hydrogens (tertiary/aromatic N) is 2. The molecule has 0 bridgehead atoms. The maximum absolute atomic E-state index is 6.28. The summed E-state index contributed by atoms with van der Waals surface area (Å²) in [5.41, 5.74) is 4.67. The molecule has 1 saturated carbocycles. The van der Waals surface area contributed by atoms with Crippen molar-refractivity contribution in [3.05, 3.63) is 51.8 Å². The van der Waals surface area contributed by atoms with Gasteiger partial charge in [0, 0.05) is 29.4 Å². The van der Waals surface area contributed by atoms with E-state index in [0.29, 0.717) is 0 Å². The fourth-order valence-electron chi connectivity index (χ4n) is 2.31. The van der Waals surface area contributed by atoms with Crippen LogP contribution in [0.3, 0.4) is 0 Å². The van der Waals surface area contributed by atoms with Crippen LogP contribution in [-0.2, 0) is 13.1 Å². The van der Waals surface area contributed by atoms with E-state index in [1.54, 1.807) is 0 Å². The Morgan fingerprint density at radius 3 is 2.80 bits per heavy atom. The van der Waals surface area contributed by atoms with Gasteiger partial charge in [0.2, 0.25) is 0 Å². The average Bonchev–Trinajstić information content (AvgIpc) is 3.15. The van der Waals surface area contributed by atoms with Crippen LogP contribution in [0.1, 0.15) is 35.2 Å². The lowest BCUT2D eigenvalue weighted by Gasteiger charge is -2.05. The number of hydrogen-bond donors (Lipinski definition) is 1. The highest BCUT2D eigenvalue weighted by Gasteiger charge is 2.20. The van der Waals surface area contributed by atoms with E-state index in [4.69, 9.17) is 11.6 Å². The highest BCUT2D eigenvalue weighted by Crippen LogP contribution is 2.21. The van der Waals surface area contributed by atoms with Crippen LogP contribution < -0.4 is 5.32 Å². The van der Waals surface area contributed by atoms with E-state index in [-0.39, 0.29) is 0 Å². The zero-order chi connectivity index (χ0) is 14.1. The van der Waals surface area contributed by atoms with Crippen LogP contribution in [0.5, 0.6) is 0 Å². The Morgan fingerprint density at radius 2 is 2.10 bits per heavy atom. The highest BCUT2D eigenvalue weighted by atomic mass is 35.5. The second-order valence-electron chi connectivity index (χ2n) is 5.69. The first-order valence-electron chi connectivity index (χ1n) is 7.13. The lowest BCUT2D eigenvalue weighted by molar-refractivity contribution is 0.674. The fraction of sp³-hybridized carbons (Fsp3) is 0.438. The van der Waals surface area contributed by atoms with Crippen LogP contribution in [0.4, 0.5) is 0 Å². The molecule has 2 aromatic rings. The molecule has 106 valence electrons. The van der Waals surface area contributed by atoms with Gasteiger partial charge in [-0.2, -0.15) is 5.10 Å². The van der Waals surface area contributed by atoms with Crippen LogP contribution in [0.25, 0.3) is 0 Å². The summed E-state index contributed by atoms with van der Waals surface area (Å²) < 4.78 is 1.98. The Balaban J connectivity index is 1.71. The van der Waals surface area contributed by atoms with Crippen molar-refractivity contribution in [2.75, 3.05) is 0 Å². The van der Waals surface area contributed by atoms with E-state index in [9.17, 15) is 0 Å². The molecule has 0 atom stereocenters. The third-order valence-electron chi connectivity index (χ3n) is 3.75. The summed E-state index contributed by atoms with van der Waals surface area (Å²) in [5, 5.41) is 8.93. The van der Waals surface area contributed by atoms with Crippen LogP contribution >= 0.6 is 11.6 Å². The lowest BCUT2D eigenvalue weighted by atomic mass is 10.1. The normalized spacial score (nSPS) is 14.8. The lowest BCUT2D eigenvalue weighted by Crippen LogP contribution is -2.15. The molecule has 1 aromatic heterocycles. The van der Waals surface area contributed by atoms with Crippen LogP contribution in [0.2, 0.25) is 5.02 Å². The Hall–Kier alpha value is -1.32. The van der Waals surface area contributed by atoms with Crippen molar-refractivity contribution >= 4 is 11.6 Å². The fourth-order valence-corrected chi connectivity index (χ4v) is 2.61. The molecule has 0 radical (unpaired) electrons. The van der Waals surface area contributed by atoms with Crippen molar-refractivity contribution in [1.82, 2.24) is 15.1 Å². The first kappa shape index (κ1) is 13.7. The predicted octanol–water partition coefficient (Wildman–Crippen LogP) is 3.45. The summed E-state index contributed by atoms with van der Waals surface area (Å²) in [6.07, 6.45) is 4.75. The summed E-state index contributed by atoms with van der Waals surface area (Å²) in [4.78, 5) is 0. The molecule has 0 saturated heterocycles. The van der Waals surface area contributed by atoms with Crippen LogP contribution in [0.15, 0.2) is 24.4 Å². The molecule has 0 spiro atoms. The number of halogens is 1. The van der Waals surface area contributed by atoms with Crippen molar-refractivity contribution in [1.29, 1.82) is 0 Å². The minimum Gasteiger partial charge on any atom is -0.310 e. The van der Waals surface area contributed by atoms with E-state index < -0.39 is 0 Å². The minimum absolute atomic E-state index is 0.726. The van der Waals surface area contributed by atoms with Gasteiger partial charge < -0.3 is 5.32 Å². The van der Waals surface area contributed by atoms with Gasteiger partial charge in [-0.15, -0.1) is 0 Å². The summed E-state index contributed by atoms with van der Waals surface area (Å²) in [6, 6.07) is 6.90. The largest absolute Gasteiger partial charge is 0.310 e. The van der Waals surface area contributed by atoms with Gasteiger partial charge in [-0.05, 0) is 43.9 Å². The molecule has 0 aliphatic heterocycles. The SMILES string of the molecule is Cc1ccc(Cn2cc(CNC3CC3)c(C)n2)c(Cl)c1. The zero-order valence-corrected chi connectivity index (χ0v) is 12.7. The molecule has 1 heterocycles. The van der Waals surface area contributed by atoms with Crippen molar-refractivity contribution in [2.24, 2.45) is 0 Å². The number of hydrogen-bond acceptors (Lipinski definition) is 2. The molecule has 0 unspecified atom stereocenters. The molecule has 1 N–H and O–H groups in total. The molecule has 1 aliphatic carbocycles. The van der Waals surface area contributed by atoms with Crippen molar-refractivity contribution in [3.8, 4) is 0 Å². The molecule has 4 heteroatoms. The Kier molecular flexibility index (Phi) is 3.81. The molecule has 20 heavy (non-hydrogen) atoms. The van der Waals surface area contributed by atoms with Gasteiger partial charge in [0.25, 0.3) is 0 Å². The topological polar surface area (TPSA) is 29.9 Å². The van der Waals surface area contributed by atoms with Gasteiger partial charge in [-0.1, -0.05) is 23.7 Å². The maximum Gasteiger partial charge on any atom is 0.0674 e. The number of aromatic nitrogens is 2. The molecule has 1 aromatic carbocycles. The van der Waals surface area contributed by atoms with E-state index >= 15 is 0 Å². The van der Waals surface area contributed by atoms with Crippen LogP contribution in [0, 0.1) is 13.8 Å². The van der Waals surface area contributed by atoms with Crippen molar-refractivity contribution < 1.29 is 0 Å². The summed E-state index contributed by atoms with van der Waals surface area (Å²) in [6.45, 7) is 5.76. The van der Waals surface area contributed by atoms with Gasteiger partial charge in [0.15, 0.2) is 0 Å². The Morgan fingerprint density at radius 1 is 1.30 bits per heavy atom. The first-order chi connectivity index (χ1) is 9.61. The Labute approximate surface area is 124 Å². The third-order valence-corrected chi connectivity index (χ3v) is 4.10. The summed E-state index contributed by atoms with van der Waals surface area (Å²) in [5.74, 6) is 0. The monoisotopic (exact) mass is 289 g/mol.